The number of likely N-dealkylation sites (N-methyl/N-ethyl adjacent to an activating group) is 1. The molecule has 1 aromatic rings. The second-order valence-electron chi connectivity index (χ2n) is 4.46. The number of anilines is 2. The first kappa shape index (κ1) is 16.2. The van der Waals surface area contributed by atoms with Crippen molar-refractivity contribution in [1.29, 1.82) is 0 Å². The number of carbonyl (C=O) groups excluding carboxylic acids is 1. The van der Waals surface area contributed by atoms with Crippen molar-refractivity contribution in [3.63, 3.8) is 0 Å². The summed E-state index contributed by atoms with van der Waals surface area (Å²) in [5.41, 5.74) is 0. The molecule has 7 nitrogen and oxygen atoms in total. The Kier molecular flexibility index (Phi) is 6.17. The molecule has 7 heteroatoms. The Balaban J connectivity index is 2.85. The number of carbonyl (C=O) groups is 1. The van der Waals surface area contributed by atoms with Crippen LogP contribution in [0.2, 0.25) is 0 Å². The quantitative estimate of drug-likeness (QED) is 0.774. The molecule has 1 atom stereocenters. The zero-order valence-corrected chi connectivity index (χ0v) is 12.7. The summed E-state index contributed by atoms with van der Waals surface area (Å²) in [7, 11) is 5.14. The average molecular weight is 281 g/mol. The van der Waals surface area contributed by atoms with Gasteiger partial charge in [0.2, 0.25) is 5.91 Å². The van der Waals surface area contributed by atoms with E-state index in [1.54, 1.807) is 32.2 Å². The van der Waals surface area contributed by atoms with E-state index in [1.165, 1.54) is 0 Å². The summed E-state index contributed by atoms with van der Waals surface area (Å²) >= 11 is 0. The lowest BCUT2D eigenvalue weighted by Gasteiger charge is -2.21. The fraction of sp³-hybridized carbons (Fsp3) is 0.615. The molecule has 0 saturated heterocycles. The number of nitrogens with zero attached hydrogens (tertiary/aromatic N) is 3. The highest BCUT2D eigenvalue weighted by molar-refractivity contribution is 5.83. The zero-order chi connectivity index (χ0) is 15.1. The van der Waals surface area contributed by atoms with Gasteiger partial charge in [0.15, 0.2) is 5.82 Å². The van der Waals surface area contributed by atoms with E-state index >= 15 is 0 Å². The first-order valence-corrected chi connectivity index (χ1v) is 6.58. The molecule has 1 amide bonds. The van der Waals surface area contributed by atoms with Crippen molar-refractivity contribution in [2.45, 2.75) is 26.5 Å². The Bertz CT molecular complexity index is 452. The number of methoxy groups -OCH3 is 1. The van der Waals surface area contributed by atoms with Crippen LogP contribution >= 0.6 is 0 Å². The van der Waals surface area contributed by atoms with E-state index in [2.05, 4.69) is 20.6 Å². The molecule has 1 unspecified atom stereocenters. The maximum Gasteiger partial charge on any atom is 0.244 e. The van der Waals surface area contributed by atoms with Crippen LogP contribution in [0.15, 0.2) is 6.07 Å². The average Bonchev–Trinajstić information content (AvgIpc) is 2.45. The Morgan fingerprint density at radius 3 is 2.65 bits per heavy atom. The molecule has 112 valence electrons. The Labute approximate surface area is 119 Å². The maximum absolute atomic E-state index is 12.0. The molecule has 0 aromatic carbocycles. The molecule has 0 aliphatic carbocycles. The van der Waals surface area contributed by atoms with Crippen molar-refractivity contribution in [2.24, 2.45) is 0 Å². The molecule has 1 rings (SSSR count). The number of rotatable bonds is 7. The molecular weight excluding hydrogens is 258 g/mol. The predicted octanol–water partition coefficient (Wildman–Crippen LogP) is 0.943. The van der Waals surface area contributed by atoms with Gasteiger partial charge < -0.3 is 20.3 Å². The molecule has 0 bridgehead atoms. The molecule has 0 saturated carbocycles. The predicted molar refractivity (Wildman–Crippen MR) is 78.7 cm³/mol. The van der Waals surface area contributed by atoms with Crippen LogP contribution in [0.4, 0.5) is 11.6 Å². The summed E-state index contributed by atoms with van der Waals surface area (Å²) < 4.78 is 5.03. The summed E-state index contributed by atoms with van der Waals surface area (Å²) in [6.07, 6.45) is 0. The van der Waals surface area contributed by atoms with Crippen molar-refractivity contribution in [3.8, 4) is 0 Å². The number of aromatic nitrogens is 2. The molecule has 20 heavy (non-hydrogen) atoms. The van der Waals surface area contributed by atoms with E-state index in [4.69, 9.17) is 4.74 Å². The molecule has 0 aliphatic rings. The molecule has 0 radical (unpaired) electrons. The summed E-state index contributed by atoms with van der Waals surface area (Å²) in [6.45, 7) is 4.74. The van der Waals surface area contributed by atoms with Crippen molar-refractivity contribution >= 4 is 17.5 Å². The van der Waals surface area contributed by atoms with E-state index in [-0.39, 0.29) is 11.9 Å². The van der Waals surface area contributed by atoms with Gasteiger partial charge >= 0.3 is 0 Å². The van der Waals surface area contributed by atoms with Crippen molar-refractivity contribution < 1.29 is 9.53 Å². The van der Waals surface area contributed by atoms with Crippen LogP contribution in [0, 0.1) is 0 Å². The third kappa shape index (κ3) is 4.34. The first-order chi connectivity index (χ1) is 9.51. The molecule has 0 spiro atoms. The zero-order valence-electron chi connectivity index (χ0n) is 12.7. The van der Waals surface area contributed by atoms with Crippen molar-refractivity contribution in [1.82, 2.24) is 14.9 Å². The smallest absolute Gasteiger partial charge is 0.244 e. The van der Waals surface area contributed by atoms with Crippen LogP contribution in [0.25, 0.3) is 0 Å². The lowest BCUT2D eigenvalue weighted by molar-refractivity contribution is -0.130. The van der Waals surface area contributed by atoms with Gasteiger partial charge in [-0.1, -0.05) is 0 Å². The summed E-state index contributed by atoms with van der Waals surface area (Å²) in [5, 5.41) is 6.05. The highest BCUT2D eigenvalue weighted by Crippen LogP contribution is 2.13. The highest BCUT2D eigenvalue weighted by Gasteiger charge is 2.17. The lowest BCUT2D eigenvalue weighted by Crippen LogP contribution is -2.39. The molecular formula is C13H23N5O2. The maximum atomic E-state index is 12.0. The third-order valence-electron chi connectivity index (χ3n) is 2.89. The van der Waals surface area contributed by atoms with Gasteiger partial charge in [-0.05, 0) is 13.8 Å². The molecule has 1 aromatic heterocycles. The van der Waals surface area contributed by atoms with E-state index in [0.717, 1.165) is 0 Å². The van der Waals surface area contributed by atoms with Crippen LogP contribution in [0.5, 0.6) is 0 Å². The standard InChI is InChI=1S/C13H23N5O2/c1-6-18(4)13(19)9(2)15-11-7-10(14-3)16-12(17-11)8-20-5/h7,9H,6,8H2,1-5H3,(H2,14,15,16,17). The summed E-state index contributed by atoms with van der Waals surface area (Å²) in [5.74, 6) is 1.86. The van der Waals surface area contributed by atoms with Gasteiger partial charge in [0.05, 0.1) is 0 Å². The van der Waals surface area contributed by atoms with E-state index in [0.29, 0.717) is 30.6 Å². The highest BCUT2D eigenvalue weighted by atomic mass is 16.5. The molecule has 0 aliphatic heterocycles. The number of nitrogens with one attached hydrogen (secondary N) is 2. The second-order valence-corrected chi connectivity index (χ2v) is 4.46. The topological polar surface area (TPSA) is 79.4 Å². The van der Waals surface area contributed by atoms with Crippen LogP contribution in [0.3, 0.4) is 0 Å². The van der Waals surface area contributed by atoms with Gasteiger partial charge in [0.1, 0.15) is 24.3 Å². The van der Waals surface area contributed by atoms with Gasteiger partial charge in [-0.3, -0.25) is 4.79 Å². The summed E-state index contributed by atoms with van der Waals surface area (Å²) in [4.78, 5) is 22.3. The normalized spacial score (nSPS) is 11.8. The fourth-order valence-corrected chi connectivity index (χ4v) is 1.66. The monoisotopic (exact) mass is 281 g/mol. The minimum absolute atomic E-state index is 0.0189. The van der Waals surface area contributed by atoms with Gasteiger partial charge in [0, 0.05) is 33.8 Å². The van der Waals surface area contributed by atoms with Crippen LogP contribution in [0.1, 0.15) is 19.7 Å². The lowest BCUT2D eigenvalue weighted by atomic mass is 10.3. The number of ether oxygens (including phenoxy) is 1. The number of hydrogen-bond donors (Lipinski definition) is 2. The molecule has 0 fully saturated rings. The Morgan fingerprint density at radius 2 is 2.10 bits per heavy atom. The minimum Gasteiger partial charge on any atom is -0.377 e. The third-order valence-corrected chi connectivity index (χ3v) is 2.89. The van der Waals surface area contributed by atoms with E-state index in [1.807, 2.05) is 13.8 Å². The van der Waals surface area contributed by atoms with Crippen molar-refractivity contribution in [3.05, 3.63) is 11.9 Å². The number of hydrogen-bond acceptors (Lipinski definition) is 6. The van der Waals surface area contributed by atoms with Gasteiger partial charge in [0.25, 0.3) is 0 Å². The van der Waals surface area contributed by atoms with E-state index in [9.17, 15) is 4.79 Å². The minimum atomic E-state index is -0.352. The van der Waals surface area contributed by atoms with Gasteiger partial charge in [-0.25, -0.2) is 9.97 Å². The summed E-state index contributed by atoms with van der Waals surface area (Å²) in [6, 6.07) is 1.41. The fourth-order valence-electron chi connectivity index (χ4n) is 1.66. The largest absolute Gasteiger partial charge is 0.377 e. The van der Waals surface area contributed by atoms with Crippen molar-refractivity contribution in [2.75, 3.05) is 38.4 Å². The SMILES string of the molecule is CCN(C)C(=O)C(C)Nc1cc(NC)nc(COC)n1. The van der Waals surface area contributed by atoms with Crippen LogP contribution < -0.4 is 10.6 Å². The number of amides is 1. The second kappa shape index (κ2) is 7.64. The van der Waals surface area contributed by atoms with Gasteiger partial charge in [-0.15, -0.1) is 0 Å². The Hall–Kier alpha value is -1.89. The van der Waals surface area contributed by atoms with E-state index < -0.39 is 0 Å². The Morgan fingerprint density at radius 1 is 1.45 bits per heavy atom. The molecule has 1 heterocycles. The van der Waals surface area contributed by atoms with Crippen LogP contribution in [-0.4, -0.2) is 54.6 Å². The molecule has 2 N–H and O–H groups in total. The van der Waals surface area contributed by atoms with Gasteiger partial charge in [-0.2, -0.15) is 0 Å². The first-order valence-electron chi connectivity index (χ1n) is 6.58. The van der Waals surface area contributed by atoms with Crippen LogP contribution in [-0.2, 0) is 16.1 Å².